The van der Waals surface area contributed by atoms with Gasteiger partial charge in [-0.15, -0.1) is 0 Å². The third-order valence-corrected chi connectivity index (χ3v) is 6.08. The van der Waals surface area contributed by atoms with E-state index in [0.29, 0.717) is 36.5 Å². The maximum atomic E-state index is 12.2. The largest absolute Gasteiger partial charge is 0.481 e. The van der Waals surface area contributed by atoms with Crippen molar-refractivity contribution in [3.63, 3.8) is 0 Å². The molecule has 1 saturated heterocycles. The van der Waals surface area contributed by atoms with E-state index in [1.165, 1.54) is 0 Å². The maximum Gasteiger partial charge on any atom is 0.309 e. The fourth-order valence-corrected chi connectivity index (χ4v) is 3.70. The van der Waals surface area contributed by atoms with Crippen molar-refractivity contribution >= 4 is 21.5 Å². The molecular weight excluding hydrogens is 290 g/mol. The number of sulfone groups is 1. The summed E-state index contributed by atoms with van der Waals surface area (Å²) in [5, 5.41) is 9.26. The van der Waals surface area contributed by atoms with E-state index in [2.05, 4.69) is 0 Å². The summed E-state index contributed by atoms with van der Waals surface area (Å²) in [6.45, 7) is 4.49. The summed E-state index contributed by atoms with van der Waals surface area (Å²) in [5.74, 6) is -0.721. The van der Waals surface area contributed by atoms with E-state index in [1.807, 2.05) is 11.0 Å². The molecule has 1 aliphatic heterocycles. The molecule has 0 aliphatic carbocycles. The Bertz CT molecular complexity index is 631. The lowest BCUT2D eigenvalue weighted by atomic mass is 9.80. The molecule has 21 heavy (non-hydrogen) atoms. The number of piperidine rings is 1. The van der Waals surface area contributed by atoms with Gasteiger partial charge in [-0.3, -0.25) is 4.79 Å². The van der Waals surface area contributed by atoms with Crippen molar-refractivity contribution < 1.29 is 18.3 Å². The molecule has 1 heterocycles. The molecule has 0 saturated carbocycles. The summed E-state index contributed by atoms with van der Waals surface area (Å²) in [4.78, 5) is 13.6. The van der Waals surface area contributed by atoms with Gasteiger partial charge in [-0.25, -0.2) is 8.42 Å². The number of carbonyl (C=O) groups is 1. The molecule has 0 amide bonds. The van der Waals surface area contributed by atoms with Crippen molar-refractivity contribution in [1.29, 1.82) is 0 Å². The van der Waals surface area contributed by atoms with Crippen molar-refractivity contribution in [2.75, 3.05) is 23.7 Å². The van der Waals surface area contributed by atoms with Crippen LogP contribution in [0.3, 0.4) is 0 Å². The number of aliphatic carboxylic acids is 1. The van der Waals surface area contributed by atoms with Crippen LogP contribution in [-0.4, -0.2) is 38.3 Å². The van der Waals surface area contributed by atoms with Crippen LogP contribution in [0.15, 0.2) is 29.2 Å². The summed E-state index contributed by atoms with van der Waals surface area (Å²) in [6.07, 6.45) is 1.03. The van der Waals surface area contributed by atoms with Gasteiger partial charge in [-0.1, -0.05) is 19.1 Å². The Hall–Kier alpha value is -1.56. The molecule has 5 nitrogen and oxygen atoms in total. The highest BCUT2D eigenvalue weighted by Gasteiger charge is 2.37. The third-order valence-electron chi connectivity index (χ3n) is 4.30. The number of hydrogen-bond acceptors (Lipinski definition) is 4. The van der Waals surface area contributed by atoms with E-state index >= 15 is 0 Å². The van der Waals surface area contributed by atoms with Crippen LogP contribution in [0.4, 0.5) is 5.69 Å². The molecule has 0 atom stereocenters. The number of carboxylic acids is 1. The van der Waals surface area contributed by atoms with Gasteiger partial charge in [0.1, 0.15) is 0 Å². The molecule has 0 radical (unpaired) electrons. The quantitative estimate of drug-likeness (QED) is 0.922. The molecule has 1 aromatic rings. The Morgan fingerprint density at radius 3 is 2.38 bits per heavy atom. The summed E-state index contributed by atoms with van der Waals surface area (Å²) in [5.41, 5.74) is -0.0264. The van der Waals surface area contributed by atoms with Crippen molar-refractivity contribution in [2.24, 2.45) is 5.41 Å². The summed E-state index contributed by atoms with van der Waals surface area (Å²) in [6, 6.07) is 6.96. The molecule has 1 fully saturated rings. The van der Waals surface area contributed by atoms with Gasteiger partial charge in [0.25, 0.3) is 0 Å². The first kappa shape index (κ1) is 15.8. The summed E-state index contributed by atoms with van der Waals surface area (Å²) >= 11 is 0. The number of rotatable bonds is 4. The Balaban J connectivity index is 2.28. The van der Waals surface area contributed by atoms with Crippen LogP contribution >= 0.6 is 0 Å². The van der Waals surface area contributed by atoms with Crippen LogP contribution in [0.25, 0.3) is 0 Å². The molecule has 0 spiro atoms. The highest BCUT2D eigenvalue weighted by atomic mass is 32.2. The number of hydrogen-bond donors (Lipinski definition) is 1. The molecule has 1 N–H and O–H groups in total. The molecule has 0 aromatic heterocycles. The highest BCUT2D eigenvalue weighted by molar-refractivity contribution is 7.91. The van der Waals surface area contributed by atoms with E-state index in [1.54, 1.807) is 32.0 Å². The normalized spacial score (nSPS) is 18.5. The minimum atomic E-state index is -3.28. The predicted molar refractivity (Wildman–Crippen MR) is 81.4 cm³/mol. The average Bonchev–Trinajstić information content (AvgIpc) is 2.48. The number of nitrogens with zero attached hydrogens (tertiary/aromatic N) is 1. The molecule has 0 bridgehead atoms. The Morgan fingerprint density at radius 2 is 1.86 bits per heavy atom. The fraction of sp³-hybridized carbons (Fsp3) is 0.533. The van der Waals surface area contributed by atoms with E-state index < -0.39 is 21.2 Å². The van der Waals surface area contributed by atoms with Gasteiger partial charge < -0.3 is 10.0 Å². The second-order valence-corrected chi connectivity index (χ2v) is 7.97. The minimum absolute atomic E-state index is 0.0602. The van der Waals surface area contributed by atoms with E-state index in [-0.39, 0.29) is 5.75 Å². The van der Waals surface area contributed by atoms with Crippen LogP contribution < -0.4 is 4.90 Å². The molecule has 6 heteroatoms. The van der Waals surface area contributed by atoms with Crippen LogP contribution in [0.5, 0.6) is 0 Å². The number of para-hydroxylation sites is 1. The monoisotopic (exact) mass is 311 g/mol. The van der Waals surface area contributed by atoms with Gasteiger partial charge >= 0.3 is 5.97 Å². The lowest BCUT2D eigenvalue weighted by Crippen LogP contribution is -2.43. The molecule has 1 aliphatic rings. The number of anilines is 1. The van der Waals surface area contributed by atoms with Crippen LogP contribution in [-0.2, 0) is 14.6 Å². The molecule has 116 valence electrons. The summed E-state index contributed by atoms with van der Waals surface area (Å²) < 4.78 is 24.4. The second kappa shape index (κ2) is 5.67. The zero-order valence-corrected chi connectivity index (χ0v) is 13.2. The van der Waals surface area contributed by atoms with Crippen molar-refractivity contribution in [2.45, 2.75) is 31.6 Å². The Kier molecular flexibility index (Phi) is 4.27. The zero-order chi connectivity index (χ0) is 15.7. The van der Waals surface area contributed by atoms with Crippen LogP contribution in [0.2, 0.25) is 0 Å². The second-order valence-electron chi connectivity index (χ2n) is 5.72. The zero-order valence-electron chi connectivity index (χ0n) is 12.4. The maximum absolute atomic E-state index is 12.2. The van der Waals surface area contributed by atoms with Gasteiger partial charge in [0.2, 0.25) is 0 Å². The molecular formula is C15H21NO4S. The van der Waals surface area contributed by atoms with Crippen molar-refractivity contribution in [1.82, 2.24) is 0 Å². The van der Waals surface area contributed by atoms with Crippen molar-refractivity contribution in [3.8, 4) is 0 Å². The summed E-state index contributed by atoms with van der Waals surface area (Å²) in [7, 11) is -3.28. The Labute approximate surface area is 125 Å². The van der Waals surface area contributed by atoms with Gasteiger partial charge in [0, 0.05) is 13.1 Å². The average molecular weight is 311 g/mol. The molecule has 2 rings (SSSR count). The van der Waals surface area contributed by atoms with E-state index in [0.717, 1.165) is 0 Å². The van der Waals surface area contributed by atoms with Crippen molar-refractivity contribution in [3.05, 3.63) is 24.3 Å². The van der Waals surface area contributed by atoms with Gasteiger partial charge in [-0.2, -0.15) is 0 Å². The third kappa shape index (κ3) is 3.05. The Morgan fingerprint density at radius 1 is 1.29 bits per heavy atom. The first-order valence-electron chi connectivity index (χ1n) is 7.10. The lowest BCUT2D eigenvalue weighted by molar-refractivity contribution is -0.149. The van der Waals surface area contributed by atoms with Crippen LogP contribution in [0, 0.1) is 5.41 Å². The molecule has 1 aromatic carbocycles. The van der Waals surface area contributed by atoms with Gasteiger partial charge in [0.05, 0.1) is 21.8 Å². The first-order chi connectivity index (χ1) is 9.80. The number of carboxylic acid groups (broad SMARTS) is 1. The topological polar surface area (TPSA) is 74.7 Å². The number of benzene rings is 1. The van der Waals surface area contributed by atoms with Crippen LogP contribution in [0.1, 0.15) is 26.7 Å². The predicted octanol–water partition coefficient (Wildman–Crippen LogP) is 2.17. The minimum Gasteiger partial charge on any atom is -0.481 e. The standard InChI is InChI=1S/C15H21NO4S/c1-3-21(19,20)13-7-5-4-6-12(13)16-10-8-15(2,9-11-16)14(17)18/h4-7H,3,8-11H2,1-2H3,(H,17,18). The van der Waals surface area contributed by atoms with E-state index in [4.69, 9.17) is 0 Å². The lowest BCUT2D eigenvalue weighted by Gasteiger charge is -2.38. The first-order valence-corrected chi connectivity index (χ1v) is 8.75. The fourth-order valence-electron chi connectivity index (χ4n) is 2.59. The van der Waals surface area contributed by atoms with E-state index in [9.17, 15) is 18.3 Å². The van der Waals surface area contributed by atoms with Gasteiger partial charge in [0.15, 0.2) is 9.84 Å². The SMILES string of the molecule is CCS(=O)(=O)c1ccccc1N1CCC(C)(C(=O)O)CC1. The smallest absolute Gasteiger partial charge is 0.309 e. The highest BCUT2D eigenvalue weighted by Crippen LogP contribution is 2.35. The molecule has 0 unspecified atom stereocenters. The van der Waals surface area contributed by atoms with Gasteiger partial charge in [-0.05, 0) is 31.9 Å².